The highest BCUT2D eigenvalue weighted by atomic mass is 35.5. The van der Waals surface area contributed by atoms with Crippen LogP contribution in [0.5, 0.6) is 0 Å². The summed E-state index contributed by atoms with van der Waals surface area (Å²) in [6.45, 7) is 5.70. The molecule has 0 spiro atoms. The monoisotopic (exact) mass is 405 g/mol. The van der Waals surface area contributed by atoms with Gasteiger partial charge in [0.05, 0.1) is 26.9 Å². The summed E-state index contributed by atoms with van der Waals surface area (Å²) in [6.07, 6.45) is 1.12. The van der Waals surface area contributed by atoms with Crippen LogP contribution in [0.15, 0.2) is 40.8 Å². The van der Waals surface area contributed by atoms with E-state index in [9.17, 15) is 9.90 Å². The fraction of sp³-hybridized carbons (Fsp3) is 0.286. The number of anilines is 1. The predicted molar refractivity (Wildman–Crippen MR) is 110 cm³/mol. The van der Waals surface area contributed by atoms with E-state index >= 15 is 0 Å². The molecule has 0 aliphatic carbocycles. The van der Waals surface area contributed by atoms with Crippen LogP contribution >= 0.6 is 23.2 Å². The number of fused-ring (bicyclic) bond motifs is 1. The number of rotatable bonds is 5. The number of hydrogen-bond donors (Lipinski definition) is 2. The molecule has 0 aliphatic heterocycles. The summed E-state index contributed by atoms with van der Waals surface area (Å²) in [5, 5.41) is 15.2. The molecule has 142 valence electrons. The molecule has 0 fully saturated rings. The molecule has 0 radical (unpaired) electrons. The van der Waals surface area contributed by atoms with E-state index in [0.717, 1.165) is 10.9 Å². The number of nitrogens with one attached hydrogen (secondary N) is 1. The summed E-state index contributed by atoms with van der Waals surface area (Å²) < 4.78 is 5.94. The molecule has 1 aromatic heterocycles. The number of benzene rings is 2. The van der Waals surface area contributed by atoms with Crippen LogP contribution in [-0.4, -0.2) is 11.0 Å². The molecular formula is C21H21Cl2NO3. The minimum Gasteiger partial charge on any atom is -0.459 e. The van der Waals surface area contributed by atoms with E-state index in [4.69, 9.17) is 27.6 Å². The first-order valence-corrected chi connectivity index (χ1v) is 9.58. The lowest BCUT2D eigenvalue weighted by Gasteiger charge is -2.25. The molecule has 0 saturated carbocycles. The normalized spacial score (nSPS) is 11.8. The van der Waals surface area contributed by atoms with Crippen molar-refractivity contribution < 1.29 is 14.3 Å². The molecule has 0 aliphatic rings. The Bertz CT molecular complexity index is 986. The Morgan fingerprint density at radius 2 is 1.70 bits per heavy atom. The third kappa shape index (κ3) is 3.45. The van der Waals surface area contributed by atoms with Crippen molar-refractivity contribution in [2.75, 3.05) is 5.32 Å². The van der Waals surface area contributed by atoms with Crippen molar-refractivity contribution in [3.8, 4) is 0 Å². The SMILES string of the molecule is CCC(O)(CC)c1c(C)oc2c(NC(=O)c3c(Cl)cccc3Cl)cccc12. The topological polar surface area (TPSA) is 62.5 Å². The Labute approximate surface area is 168 Å². The summed E-state index contributed by atoms with van der Waals surface area (Å²) in [5.74, 6) is 0.212. The van der Waals surface area contributed by atoms with E-state index in [1.807, 2.05) is 32.9 Å². The van der Waals surface area contributed by atoms with E-state index in [0.29, 0.717) is 29.9 Å². The van der Waals surface area contributed by atoms with E-state index in [1.54, 1.807) is 24.3 Å². The average molecular weight is 406 g/mol. The van der Waals surface area contributed by atoms with Crippen molar-refractivity contribution in [3.05, 3.63) is 63.3 Å². The highest BCUT2D eigenvalue weighted by Crippen LogP contribution is 2.40. The summed E-state index contributed by atoms with van der Waals surface area (Å²) >= 11 is 12.3. The van der Waals surface area contributed by atoms with E-state index in [2.05, 4.69) is 5.32 Å². The lowest BCUT2D eigenvalue weighted by atomic mass is 9.86. The van der Waals surface area contributed by atoms with E-state index in [1.165, 1.54) is 0 Å². The number of para-hydroxylation sites is 1. The summed E-state index contributed by atoms with van der Waals surface area (Å²) in [5.41, 5.74) is 0.998. The van der Waals surface area contributed by atoms with Crippen molar-refractivity contribution in [3.63, 3.8) is 0 Å². The van der Waals surface area contributed by atoms with Crippen molar-refractivity contribution in [1.29, 1.82) is 0 Å². The molecule has 27 heavy (non-hydrogen) atoms. The minimum atomic E-state index is -0.982. The maximum atomic E-state index is 12.7. The lowest BCUT2D eigenvalue weighted by Crippen LogP contribution is -2.24. The number of carbonyl (C=O) groups excluding carboxylic acids is 1. The Balaban J connectivity index is 2.08. The zero-order valence-electron chi connectivity index (χ0n) is 15.4. The molecule has 1 heterocycles. The van der Waals surface area contributed by atoms with Crippen LogP contribution in [0.25, 0.3) is 11.0 Å². The van der Waals surface area contributed by atoms with Crippen LogP contribution < -0.4 is 5.32 Å². The molecule has 3 aromatic rings. The van der Waals surface area contributed by atoms with Crippen LogP contribution in [0.4, 0.5) is 5.69 Å². The predicted octanol–water partition coefficient (Wildman–Crippen LogP) is 6.31. The Hall–Kier alpha value is -2.01. The molecule has 0 atom stereocenters. The fourth-order valence-electron chi connectivity index (χ4n) is 3.42. The highest BCUT2D eigenvalue weighted by molar-refractivity contribution is 6.40. The molecular weight excluding hydrogens is 385 g/mol. The van der Waals surface area contributed by atoms with Gasteiger partial charge < -0.3 is 14.8 Å². The van der Waals surface area contributed by atoms with Crippen LogP contribution in [-0.2, 0) is 5.60 Å². The van der Waals surface area contributed by atoms with Gasteiger partial charge >= 0.3 is 0 Å². The first-order valence-electron chi connectivity index (χ1n) is 8.82. The van der Waals surface area contributed by atoms with Crippen LogP contribution in [0.1, 0.15) is 48.4 Å². The van der Waals surface area contributed by atoms with Crippen molar-refractivity contribution >= 4 is 45.8 Å². The number of carbonyl (C=O) groups is 1. The molecule has 1 amide bonds. The van der Waals surface area contributed by atoms with Gasteiger partial charge in [0, 0.05) is 10.9 Å². The van der Waals surface area contributed by atoms with Gasteiger partial charge in [0.25, 0.3) is 5.91 Å². The highest BCUT2D eigenvalue weighted by Gasteiger charge is 2.32. The number of amides is 1. The summed E-state index contributed by atoms with van der Waals surface area (Å²) in [4.78, 5) is 12.7. The van der Waals surface area contributed by atoms with Gasteiger partial charge in [-0.3, -0.25) is 4.79 Å². The van der Waals surface area contributed by atoms with Crippen molar-refractivity contribution in [2.24, 2.45) is 0 Å². The largest absolute Gasteiger partial charge is 0.459 e. The van der Waals surface area contributed by atoms with Gasteiger partial charge in [-0.2, -0.15) is 0 Å². The number of aliphatic hydroxyl groups is 1. The Kier molecular flexibility index (Phi) is 5.52. The van der Waals surface area contributed by atoms with Crippen LogP contribution in [0, 0.1) is 6.92 Å². The molecule has 0 saturated heterocycles. The third-order valence-electron chi connectivity index (χ3n) is 4.96. The molecule has 2 N–H and O–H groups in total. The van der Waals surface area contributed by atoms with Gasteiger partial charge in [0.15, 0.2) is 5.58 Å². The van der Waals surface area contributed by atoms with Crippen molar-refractivity contribution in [2.45, 2.75) is 39.2 Å². The maximum absolute atomic E-state index is 12.7. The zero-order chi connectivity index (χ0) is 19.8. The summed E-state index contributed by atoms with van der Waals surface area (Å²) in [6, 6.07) is 10.3. The van der Waals surface area contributed by atoms with Crippen LogP contribution in [0.2, 0.25) is 10.0 Å². The van der Waals surface area contributed by atoms with E-state index < -0.39 is 11.5 Å². The second kappa shape index (κ2) is 7.55. The van der Waals surface area contributed by atoms with E-state index in [-0.39, 0.29) is 15.6 Å². The maximum Gasteiger partial charge on any atom is 0.258 e. The number of aryl methyl sites for hydroxylation is 1. The zero-order valence-corrected chi connectivity index (χ0v) is 16.9. The first-order chi connectivity index (χ1) is 12.8. The van der Waals surface area contributed by atoms with Crippen molar-refractivity contribution in [1.82, 2.24) is 0 Å². The fourth-order valence-corrected chi connectivity index (χ4v) is 3.99. The minimum absolute atomic E-state index is 0.208. The van der Waals surface area contributed by atoms with Gasteiger partial charge in [0.1, 0.15) is 5.76 Å². The molecule has 3 rings (SSSR count). The molecule has 4 nitrogen and oxygen atoms in total. The molecule has 6 heteroatoms. The smallest absolute Gasteiger partial charge is 0.258 e. The molecule has 2 aromatic carbocycles. The number of halogens is 2. The van der Waals surface area contributed by atoms with Gasteiger partial charge in [0.2, 0.25) is 0 Å². The number of hydrogen-bond acceptors (Lipinski definition) is 3. The van der Waals surface area contributed by atoms with Gasteiger partial charge in [-0.05, 0) is 38.0 Å². The third-order valence-corrected chi connectivity index (χ3v) is 5.59. The lowest BCUT2D eigenvalue weighted by molar-refractivity contribution is 0.0282. The van der Waals surface area contributed by atoms with Gasteiger partial charge in [-0.1, -0.05) is 55.2 Å². The molecule has 0 unspecified atom stereocenters. The second-order valence-electron chi connectivity index (χ2n) is 6.50. The standard InChI is InChI=1S/C21H21Cl2NO3/c1-4-21(26,5-2)18-12(3)27-19-13(18)8-6-11-16(19)24-20(25)17-14(22)9-7-10-15(17)23/h6-11,26H,4-5H2,1-3H3,(H,24,25). The molecule has 0 bridgehead atoms. The van der Waals surface area contributed by atoms with Gasteiger partial charge in [-0.25, -0.2) is 0 Å². The first kappa shape index (κ1) is 19.7. The number of furan rings is 1. The Morgan fingerprint density at radius 3 is 2.30 bits per heavy atom. The second-order valence-corrected chi connectivity index (χ2v) is 7.32. The average Bonchev–Trinajstić information content (AvgIpc) is 2.98. The summed E-state index contributed by atoms with van der Waals surface area (Å²) in [7, 11) is 0. The van der Waals surface area contributed by atoms with Crippen LogP contribution in [0.3, 0.4) is 0 Å². The Morgan fingerprint density at radius 1 is 1.11 bits per heavy atom. The van der Waals surface area contributed by atoms with Gasteiger partial charge in [-0.15, -0.1) is 0 Å². The quantitative estimate of drug-likeness (QED) is 0.522.